The summed E-state index contributed by atoms with van der Waals surface area (Å²) in [6.45, 7) is 0.109. The maximum atomic E-state index is 11.9. The monoisotopic (exact) mass is 368 g/mol. The minimum Gasteiger partial charge on any atom is -0.495 e. The van der Waals surface area contributed by atoms with Crippen LogP contribution in [-0.2, 0) is 4.79 Å². The minimum atomic E-state index is -0.190. The predicted molar refractivity (Wildman–Crippen MR) is 89.3 cm³/mol. The molecule has 21 heavy (non-hydrogen) atoms. The Labute approximate surface area is 136 Å². The molecule has 1 amide bonds. The maximum absolute atomic E-state index is 11.9. The van der Waals surface area contributed by atoms with Gasteiger partial charge in [0.25, 0.3) is 0 Å². The number of methoxy groups -OCH3 is 1. The van der Waals surface area contributed by atoms with Crippen molar-refractivity contribution in [2.45, 2.75) is 0 Å². The molecule has 0 aliphatic heterocycles. The van der Waals surface area contributed by atoms with Crippen molar-refractivity contribution in [2.24, 2.45) is 0 Å². The van der Waals surface area contributed by atoms with Crippen molar-refractivity contribution in [2.75, 3.05) is 24.3 Å². The molecule has 0 aliphatic carbocycles. The Morgan fingerprint density at radius 2 is 2.00 bits per heavy atom. The third kappa shape index (κ3) is 4.37. The van der Waals surface area contributed by atoms with E-state index < -0.39 is 0 Å². The van der Waals surface area contributed by atoms with Gasteiger partial charge in [-0.1, -0.05) is 39.7 Å². The average Bonchev–Trinajstić information content (AvgIpc) is 2.48. The fourth-order valence-electron chi connectivity index (χ4n) is 1.75. The molecular formula is C15H14BrClN2O2. The third-order valence-electron chi connectivity index (χ3n) is 2.75. The van der Waals surface area contributed by atoms with Crippen molar-refractivity contribution in [3.63, 3.8) is 0 Å². The van der Waals surface area contributed by atoms with E-state index in [0.717, 1.165) is 10.2 Å². The van der Waals surface area contributed by atoms with Crippen LogP contribution in [0.25, 0.3) is 0 Å². The average molecular weight is 370 g/mol. The van der Waals surface area contributed by atoms with E-state index in [1.54, 1.807) is 19.2 Å². The number of rotatable bonds is 5. The maximum Gasteiger partial charge on any atom is 0.243 e. The third-order valence-corrected chi connectivity index (χ3v) is 3.57. The molecule has 0 heterocycles. The number of nitrogens with one attached hydrogen (secondary N) is 2. The Morgan fingerprint density at radius 1 is 1.24 bits per heavy atom. The lowest BCUT2D eigenvalue weighted by Crippen LogP contribution is -2.22. The van der Waals surface area contributed by atoms with Crippen LogP contribution < -0.4 is 15.4 Å². The summed E-state index contributed by atoms with van der Waals surface area (Å²) in [7, 11) is 1.58. The van der Waals surface area contributed by atoms with Gasteiger partial charge in [0.1, 0.15) is 5.75 Å². The molecule has 110 valence electrons. The molecule has 0 aliphatic rings. The van der Waals surface area contributed by atoms with Gasteiger partial charge in [0.05, 0.1) is 30.1 Å². The van der Waals surface area contributed by atoms with Gasteiger partial charge in [-0.05, 0) is 30.3 Å². The molecule has 2 aromatic rings. The molecule has 2 aromatic carbocycles. The van der Waals surface area contributed by atoms with Crippen LogP contribution in [0.15, 0.2) is 46.9 Å². The number of hydrogen-bond acceptors (Lipinski definition) is 3. The number of ether oxygens (including phenoxy) is 1. The lowest BCUT2D eigenvalue weighted by atomic mass is 10.3. The van der Waals surface area contributed by atoms with Crippen LogP contribution in [0.2, 0.25) is 5.02 Å². The highest BCUT2D eigenvalue weighted by Gasteiger charge is 2.08. The van der Waals surface area contributed by atoms with Gasteiger partial charge < -0.3 is 15.4 Å². The number of amides is 1. The zero-order valence-electron chi connectivity index (χ0n) is 11.3. The van der Waals surface area contributed by atoms with Crippen LogP contribution >= 0.6 is 27.5 Å². The first-order valence-corrected chi connectivity index (χ1v) is 7.39. The van der Waals surface area contributed by atoms with Crippen molar-refractivity contribution in [3.8, 4) is 5.75 Å². The van der Waals surface area contributed by atoms with Crippen LogP contribution in [0.3, 0.4) is 0 Å². The molecule has 6 heteroatoms. The number of para-hydroxylation sites is 1. The van der Waals surface area contributed by atoms with Gasteiger partial charge in [0.2, 0.25) is 5.91 Å². The van der Waals surface area contributed by atoms with E-state index in [0.29, 0.717) is 16.5 Å². The normalized spacial score (nSPS) is 10.0. The van der Waals surface area contributed by atoms with Crippen molar-refractivity contribution in [3.05, 3.63) is 52.0 Å². The number of carbonyl (C=O) groups is 1. The van der Waals surface area contributed by atoms with E-state index >= 15 is 0 Å². The minimum absolute atomic E-state index is 0.109. The van der Waals surface area contributed by atoms with Gasteiger partial charge in [-0.2, -0.15) is 0 Å². The fraction of sp³-hybridized carbons (Fsp3) is 0.133. The smallest absolute Gasteiger partial charge is 0.243 e. The number of benzene rings is 2. The predicted octanol–water partition coefficient (Wildman–Crippen LogP) is 4.16. The second-order valence-electron chi connectivity index (χ2n) is 4.23. The zero-order chi connectivity index (χ0) is 15.2. The van der Waals surface area contributed by atoms with Gasteiger partial charge in [-0.25, -0.2) is 0 Å². The molecule has 0 saturated heterocycles. The van der Waals surface area contributed by atoms with Crippen LogP contribution in [0, 0.1) is 0 Å². The van der Waals surface area contributed by atoms with Crippen molar-refractivity contribution in [1.29, 1.82) is 0 Å². The molecule has 2 rings (SSSR count). The Bertz CT molecular complexity index is 649. The Hall–Kier alpha value is -1.72. The molecule has 0 unspecified atom stereocenters. The van der Waals surface area contributed by atoms with E-state index in [1.165, 1.54) is 0 Å². The van der Waals surface area contributed by atoms with E-state index in [9.17, 15) is 4.79 Å². The molecule has 0 atom stereocenters. The Morgan fingerprint density at radius 3 is 2.71 bits per heavy atom. The van der Waals surface area contributed by atoms with E-state index in [1.807, 2.05) is 30.3 Å². The molecule has 0 radical (unpaired) electrons. The molecule has 0 bridgehead atoms. The molecular weight excluding hydrogens is 356 g/mol. The topological polar surface area (TPSA) is 50.4 Å². The number of carbonyl (C=O) groups excluding carboxylic acids is 1. The van der Waals surface area contributed by atoms with Crippen molar-refractivity contribution < 1.29 is 9.53 Å². The summed E-state index contributed by atoms with van der Waals surface area (Å²) < 4.78 is 6.13. The summed E-state index contributed by atoms with van der Waals surface area (Å²) in [5.41, 5.74) is 1.33. The first-order valence-electron chi connectivity index (χ1n) is 6.22. The number of hydrogen-bond donors (Lipinski definition) is 2. The zero-order valence-corrected chi connectivity index (χ0v) is 13.7. The summed E-state index contributed by atoms with van der Waals surface area (Å²) in [6.07, 6.45) is 0. The standard InChI is InChI=1S/C15H14BrClN2O2/c1-21-14-7-6-10(16)8-13(14)18-9-15(20)19-12-5-3-2-4-11(12)17/h2-8,18H,9H2,1H3,(H,19,20). The molecule has 0 fully saturated rings. The molecule has 4 nitrogen and oxygen atoms in total. The molecule has 0 spiro atoms. The van der Waals surface area contributed by atoms with Gasteiger partial charge in [0, 0.05) is 4.47 Å². The number of halogens is 2. The molecule has 2 N–H and O–H groups in total. The van der Waals surface area contributed by atoms with Crippen LogP contribution in [0.5, 0.6) is 5.75 Å². The van der Waals surface area contributed by atoms with E-state index in [2.05, 4.69) is 26.6 Å². The second-order valence-corrected chi connectivity index (χ2v) is 5.55. The van der Waals surface area contributed by atoms with Crippen molar-refractivity contribution >= 4 is 44.8 Å². The van der Waals surface area contributed by atoms with Crippen molar-refractivity contribution in [1.82, 2.24) is 0 Å². The molecule has 0 saturated carbocycles. The van der Waals surface area contributed by atoms with Gasteiger partial charge in [-0.3, -0.25) is 4.79 Å². The second kappa shape index (κ2) is 7.33. The lowest BCUT2D eigenvalue weighted by Gasteiger charge is -2.12. The Balaban J connectivity index is 1.98. The summed E-state index contributed by atoms with van der Waals surface area (Å²) in [5.74, 6) is 0.480. The van der Waals surface area contributed by atoms with Gasteiger partial charge >= 0.3 is 0 Å². The summed E-state index contributed by atoms with van der Waals surface area (Å²) >= 11 is 9.37. The van der Waals surface area contributed by atoms with E-state index in [4.69, 9.17) is 16.3 Å². The SMILES string of the molecule is COc1ccc(Br)cc1NCC(=O)Nc1ccccc1Cl. The fourth-order valence-corrected chi connectivity index (χ4v) is 2.29. The van der Waals surface area contributed by atoms with Gasteiger partial charge in [-0.15, -0.1) is 0 Å². The molecule has 0 aromatic heterocycles. The first kappa shape index (κ1) is 15.7. The summed E-state index contributed by atoms with van der Waals surface area (Å²) in [5, 5.41) is 6.29. The van der Waals surface area contributed by atoms with Crippen LogP contribution in [0.4, 0.5) is 11.4 Å². The first-order chi connectivity index (χ1) is 10.1. The van der Waals surface area contributed by atoms with Crippen LogP contribution in [-0.4, -0.2) is 19.6 Å². The lowest BCUT2D eigenvalue weighted by molar-refractivity contribution is -0.114. The summed E-state index contributed by atoms with van der Waals surface area (Å²) in [6, 6.07) is 12.6. The largest absolute Gasteiger partial charge is 0.495 e. The highest BCUT2D eigenvalue weighted by Crippen LogP contribution is 2.27. The van der Waals surface area contributed by atoms with E-state index in [-0.39, 0.29) is 12.5 Å². The summed E-state index contributed by atoms with van der Waals surface area (Å²) in [4.78, 5) is 11.9. The van der Waals surface area contributed by atoms with Crippen LogP contribution in [0.1, 0.15) is 0 Å². The highest BCUT2D eigenvalue weighted by molar-refractivity contribution is 9.10. The number of anilines is 2. The van der Waals surface area contributed by atoms with Gasteiger partial charge in [0.15, 0.2) is 0 Å². The Kier molecular flexibility index (Phi) is 5.47. The quantitative estimate of drug-likeness (QED) is 0.832. The highest BCUT2D eigenvalue weighted by atomic mass is 79.9.